The summed E-state index contributed by atoms with van der Waals surface area (Å²) in [4.78, 5) is 17.8. The predicted octanol–water partition coefficient (Wildman–Crippen LogP) is 5.42. The van der Waals surface area contributed by atoms with Gasteiger partial charge in [0.15, 0.2) is 5.13 Å². The molecule has 3 aromatic carbocycles. The predicted molar refractivity (Wildman–Crippen MR) is 110 cm³/mol. The molecule has 134 valence electrons. The summed E-state index contributed by atoms with van der Waals surface area (Å²) in [5.41, 5.74) is 3.73. The molecule has 3 nitrogen and oxygen atoms in total. The van der Waals surface area contributed by atoms with E-state index >= 15 is 0 Å². The number of aromatic nitrogens is 1. The molecule has 1 aromatic heterocycles. The lowest BCUT2D eigenvalue weighted by Crippen LogP contribution is -2.13. The molecule has 0 radical (unpaired) electrons. The van der Waals surface area contributed by atoms with Crippen LogP contribution < -0.4 is 5.32 Å². The Balaban J connectivity index is 1.38. The number of benzene rings is 3. The van der Waals surface area contributed by atoms with Crippen LogP contribution >= 0.6 is 23.1 Å². The average molecular weight is 394 g/mol. The topological polar surface area (TPSA) is 42.0 Å². The summed E-state index contributed by atoms with van der Waals surface area (Å²) in [7, 11) is 0. The van der Waals surface area contributed by atoms with Gasteiger partial charge in [-0.2, -0.15) is 0 Å². The van der Waals surface area contributed by atoms with Gasteiger partial charge < -0.3 is 5.32 Å². The molecule has 0 bridgehead atoms. The van der Waals surface area contributed by atoms with E-state index < -0.39 is 0 Å². The lowest BCUT2D eigenvalue weighted by atomic mass is 10.0. The fraction of sp³-hybridized carbons (Fsp3) is 0.143. The largest absolute Gasteiger partial charge is 0.301 e. The van der Waals surface area contributed by atoms with E-state index in [9.17, 15) is 9.18 Å². The molecule has 1 amide bonds. The molecule has 0 fully saturated rings. The third-order valence-electron chi connectivity index (χ3n) is 4.78. The molecule has 1 heterocycles. The van der Waals surface area contributed by atoms with Crippen molar-refractivity contribution < 1.29 is 9.18 Å². The molecule has 0 aliphatic heterocycles. The fourth-order valence-electron chi connectivity index (χ4n) is 3.59. The first kappa shape index (κ1) is 16.7. The third kappa shape index (κ3) is 3.09. The smallest absolute Gasteiger partial charge is 0.236 e. The van der Waals surface area contributed by atoms with Crippen LogP contribution in [0.1, 0.15) is 11.1 Å². The molecule has 1 aliphatic rings. The van der Waals surface area contributed by atoms with Crippen molar-refractivity contribution >= 4 is 55.1 Å². The van der Waals surface area contributed by atoms with E-state index in [2.05, 4.69) is 34.6 Å². The number of nitrogens with one attached hydrogen (secondary N) is 1. The summed E-state index contributed by atoms with van der Waals surface area (Å²) >= 11 is 2.89. The summed E-state index contributed by atoms with van der Waals surface area (Å²) in [6, 6.07) is 14.8. The van der Waals surface area contributed by atoms with Crippen molar-refractivity contribution in [2.45, 2.75) is 17.7 Å². The summed E-state index contributed by atoms with van der Waals surface area (Å²) in [5.74, 6) is -0.126. The molecule has 0 saturated carbocycles. The number of nitrogens with zero attached hydrogens (tertiary/aromatic N) is 1. The molecule has 0 unspecified atom stereocenters. The minimum atomic E-state index is -0.277. The van der Waals surface area contributed by atoms with E-state index in [4.69, 9.17) is 0 Å². The lowest BCUT2D eigenvalue weighted by Gasteiger charge is -2.02. The van der Waals surface area contributed by atoms with Gasteiger partial charge in [-0.3, -0.25) is 4.79 Å². The number of hydrogen-bond acceptors (Lipinski definition) is 4. The van der Waals surface area contributed by atoms with Crippen LogP contribution in [-0.4, -0.2) is 16.6 Å². The Bertz CT molecular complexity index is 1180. The maximum atomic E-state index is 12.9. The Hall–Kier alpha value is -2.44. The second-order valence-corrected chi connectivity index (χ2v) is 8.61. The van der Waals surface area contributed by atoms with E-state index in [1.807, 2.05) is 0 Å². The van der Waals surface area contributed by atoms with Gasteiger partial charge in [-0.25, -0.2) is 9.37 Å². The van der Waals surface area contributed by atoms with Crippen LogP contribution in [0, 0.1) is 5.82 Å². The normalized spacial score (nSPS) is 12.8. The first-order chi connectivity index (χ1) is 13.2. The van der Waals surface area contributed by atoms with Crippen LogP contribution in [0.25, 0.3) is 21.0 Å². The zero-order chi connectivity index (χ0) is 18.4. The van der Waals surface area contributed by atoms with Gasteiger partial charge in [0.1, 0.15) is 5.82 Å². The van der Waals surface area contributed by atoms with Crippen LogP contribution in [0.5, 0.6) is 0 Å². The highest BCUT2D eigenvalue weighted by molar-refractivity contribution is 8.00. The molecule has 6 heteroatoms. The van der Waals surface area contributed by atoms with Crippen LogP contribution in [0.4, 0.5) is 9.52 Å². The van der Waals surface area contributed by atoms with Gasteiger partial charge >= 0.3 is 0 Å². The molecule has 1 aliphatic carbocycles. The maximum Gasteiger partial charge on any atom is 0.236 e. The monoisotopic (exact) mass is 394 g/mol. The molecular weight excluding hydrogens is 379 g/mol. The van der Waals surface area contributed by atoms with Crippen LogP contribution in [0.2, 0.25) is 0 Å². The van der Waals surface area contributed by atoms with Gasteiger partial charge in [-0.15, -0.1) is 11.8 Å². The Morgan fingerprint density at radius 1 is 1.15 bits per heavy atom. The number of anilines is 1. The number of rotatable bonds is 4. The Labute approximate surface area is 163 Å². The number of halogens is 1. The number of hydrogen-bond donors (Lipinski definition) is 1. The third-order valence-corrected chi connectivity index (χ3v) is 6.71. The summed E-state index contributed by atoms with van der Waals surface area (Å²) in [6.45, 7) is 0. The van der Waals surface area contributed by atoms with E-state index in [0.29, 0.717) is 5.13 Å². The standard InChI is InChI=1S/C21H15FN2OS2/c22-14-6-8-15(9-7-14)26-11-18(25)23-21-24-20-16-3-1-2-12-4-5-13(19(12)16)10-17(20)27-21/h1-3,6-10H,4-5,11H2,(H,23,24,25). The molecule has 5 rings (SSSR count). The minimum absolute atomic E-state index is 0.110. The van der Waals surface area contributed by atoms with Crippen molar-refractivity contribution in [3.8, 4) is 0 Å². The van der Waals surface area contributed by atoms with Crippen molar-refractivity contribution in [1.82, 2.24) is 4.98 Å². The number of thiazole rings is 1. The van der Waals surface area contributed by atoms with Crippen LogP contribution in [0.3, 0.4) is 0 Å². The second kappa shape index (κ2) is 6.62. The van der Waals surface area contributed by atoms with E-state index in [-0.39, 0.29) is 17.5 Å². The zero-order valence-electron chi connectivity index (χ0n) is 14.3. The molecule has 0 saturated heterocycles. The number of thioether (sulfide) groups is 1. The van der Waals surface area contributed by atoms with Gasteiger partial charge in [0.05, 0.1) is 16.0 Å². The highest BCUT2D eigenvalue weighted by atomic mass is 32.2. The Kier molecular flexibility index (Phi) is 4.10. The molecular formula is C21H15FN2OS2. The minimum Gasteiger partial charge on any atom is -0.301 e. The van der Waals surface area contributed by atoms with E-state index in [1.165, 1.54) is 57.1 Å². The van der Waals surface area contributed by atoms with Gasteiger partial charge in [-0.1, -0.05) is 29.5 Å². The van der Waals surface area contributed by atoms with Gasteiger partial charge in [0, 0.05) is 10.3 Å². The van der Waals surface area contributed by atoms with Gasteiger partial charge in [0.25, 0.3) is 0 Å². The highest BCUT2D eigenvalue weighted by Crippen LogP contribution is 2.39. The number of carbonyl (C=O) groups is 1. The zero-order valence-corrected chi connectivity index (χ0v) is 15.9. The SMILES string of the molecule is O=C(CSc1ccc(F)cc1)Nc1nc2c(cc3c4c(cccc42)CC3)s1. The second-order valence-electron chi connectivity index (χ2n) is 6.53. The van der Waals surface area contributed by atoms with Gasteiger partial charge in [0.2, 0.25) is 5.91 Å². The average Bonchev–Trinajstić information content (AvgIpc) is 3.27. The number of carbonyl (C=O) groups excluding carboxylic acids is 1. The first-order valence-electron chi connectivity index (χ1n) is 8.69. The van der Waals surface area contributed by atoms with Gasteiger partial charge in [-0.05, 0) is 59.7 Å². The Morgan fingerprint density at radius 3 is 2.81 bits per heavy atom. The lowest BCUT2D eigenvalue weighted by molar-refractivity contribution is -0.113. The van der Waals surface area contributed by atoms with E-state index in [0.717, 1.165) is 28.0 Å². The molecule has 1 N–H and O–H groups in total. The van der Waals surface area contributed by atoms with Crippen LogP contribution in [-0.2, 0) is 17.6 Å². The van der Waals surface area contributed by atoms with Crippen molar-refractivity contribution in [3.05, 3.63) is 65.5 Å². The van der Waals surface area contributed by atoms with E-state index in [1.54, 1.807) is 12.1 Å². The first-order valence-corrected chi connectivity index (χ1v) is 10.5. The summed E-state index contributed by atoms with van der Waals surface area (Å²) in [5, 5.41) is 6.04. The molecule has 0 atom stereocenters. The highest BCUT2D eigenvalue weighted by Gasteiger charge is 2.19. The van der Waals surface area contributed by atoms with Crippen LogP contribution in [0.15, 0.2) is 53.4 Å². The fourth-order valence-corrected chi connectivity index (χ4v) is 5.26. The quantitative estimate of drug-likeness (QED) is 0.470. The number of fused-ring (bicyclic) bond motifs is 2. The molecule has 4 aromatic rings. The van der Waals surface area contributed by atoms with Crippen molar-refractivity contribution in [2.24, 2.45) is 0 Å². The maximum absolute atomic E-state index is 12.9. The van der Waals surface area contributed by atoms with Crippen molar-refractivity contribution in [1.29, 1.82) is 0 Å². The number of amides is 1. The summed E-state index contributed by atoms with van der Waals surface area (Å²) < 4.78 is 14.1. The van der Waals surface area contributed by atoms with Crippen molar-refractivity contribution in [3.63, 3.8) is 0 Å². The van der Waals surface area contributed by atoms with Crippen molar-refractivity contribution in [2.75, 3.05) is 11.1 Å². The molecule has 27 heavy (non-hydrogen) atoms. The molecule has 0 spiro atoms. The number of aryl methyl sites for hydroxylation is 2. The summed E-state index contributed by atoms with van der Waals surface area (Å²) in [6.07, 6.45) is 2.16. The Morgan fingerprint density at radius 2 is 1.96 bits per heavy atom.